The Morgan fingerprint density at radius 2 is 1.59 bits per heavy atom. The molecule has 2 amide bonds. The minimum atomic E-state index is -0.535. The first-order valence-corrected chi connectivity index (χ1v) is 8.64. The fraction of sp³-hybridized carbons (Fsp3) is 0.190. The lowest BCUT2D eigenvalue weighted by Crippen LogP contribution is -2.29. The topological polar surface area (TPSA) is 103 Å². The van der Waals surface area contributed by atoms with Gasteiger partial charge in [-0.15, -0.1) is 0 Å². The van der Waals surface area contributed by atoms with E-state index < -0.39 is 17.8 Å². The molecule has 0 heterocycles. The Morgan fingerprint density at radius 3 is 2.21 bits per heavy atom. The molecule has 0 atom stereocenters. The van der Waals surface area contributed by atoms with E-state index in [1.165, 1.54) is 40.2 Å². The Balaban J connectivity index is 2.36. The SMILES string of the molecule is COc1ccccc1NC(=O)/C(=C/c1ccc(OC(C)=O)c(OC)c1)NC(C)=O. The van der Waals surface area contributed by atoms with Crippen molar-refractivity contribution < 1.29 is 28.6 Å². The first kappa shape index (κ1) is 21.5. The van der Waals surface area contributed by atoms with E-state index in [1.807, 2.05) is 0 Å². The van der Waals surface area contributed by atoms with Crippen LogP contribution in [0.4, 0.5) is 5.69 Å². The molecule has 29 heavy (non-hydrogen) atoms. The Hall–Kier alpha value is -3.81. The maximum atomic E-state index is 12.7. The van der Waals surface area contributed by atoms with Gasteiger partial charge in [0.25, 0.3) is 5.91 Å². The number of carbonyl (C=O) groups is 3. The molecule has 8 heteroatoms. The zero-order valence-corrected chi connectivity index (χ0v) is 16.6. The Kier molecular flexibility index (Phi) is 7.36. The lowest BCUT2D eigenvalue weighted by atomic mass is 10.1. The Morgan fingerprint density at radius 1 is 0.897 bits per heavy atom. The van der Waals surface area contributed by atoms with Crippen LogP contribution in [-0.2, 0) is 14.4 Å². The first-order chi connectivity index (χ1) is 13.8. The van der Waals surface area contributed by atoms with Gasteiger partial charge in [0.1, 0.15) is 11.4 Å². The molecule has 0 radical (unpaired) electrons. The monoisotopic (exact) mass is 398 g/mol. The van der Waals surface area contributed by atoms with E-state index in [9.17, 15) is 14.4 Å². The van der Waals surface area contributed by atoms with Gasteiger partial charge in [0.15, 0.2) is 11.5 Å². The maximum absolute atomic E-state index is 12.7. The number of esters is 1. The highest BCUT2D eigenvalue weighted by molar-refractivity contribution is 6.09. The summed E-state index contributed by atoms with van der Waals surface area (Å²) in [6, 6.07) is 11.6. The third kappa shape index (κ3) is 6.10. The van der Waals surface area contributed by atoms with E-state index in [1.54, 1.807) is 36.4 Å². The average Bonchev–Trinajstić information content (AvgIpc) is 2.68. The van der Waals surface area contributed by atoms with E-state index >= 15 is 0 Å². The molecule has 2 aromatic carbocycles. The lowest BCUT2D eigenvalue weighted by molar-refractivity contribution is -0.132. The standard InChI is InChI=1S/C21H22N2O6/c1-13(24)22-17(21(26)23-16-7-5-6-8-18(16)27-3)11-15-9-10-19(29-14(2)25)20(12-15)28-4/h5-12H,1-4H3,(H,22,24)(H,23,26)/b17-11-. The van der Waals surface area contributed by atoms with Crippen molar-refractivity contribution in [2.45, 2.75) is 13.8 Å². The summed E-state index contributed by atoms with van der Waals surface area (Å²) in [4.78, 5) is 35.5. The molecule has 0 aliphatic rings. The number of hydrogen-bond acceptors (Lipinski definition) is 6. The van der Waals surface area contributed by atoms with Crippen LogP contribution >= 0.6 is 0 Å². The number of amides is 2. The van der Waals surface area contributed by atoms with Gasteiger partial charge in [-0.3, -0.25) is 14.4 Å². The molecule has 0 bridgehead atoms. The minimum absolute atomic E-state index is 0.0192. The molecule has 8 nitrogen and oxygen atoms in total. The summed E-state index contributed by atoms with van der Waals surface area (Å²) in [5.41, 5.74) is 1.03. The molecule has 152 valence electrons. The van der Waals surface area contributed by atoms with Crippen LogP contribution in [0.3, 0.4) is 0 Å². The molecule has 0 aliphatic heterocycles. The zero-order chi connectivity index (χ0) is 21.4. The molecule has 0 fully saturated rings. The second-order valence-corrected chi connectivity index (χ2v) is 5.90. The van der Waals surface area contributed by atoms with Crippen LogP contribution in [0.5, 0.6) is 17.2 Å². The average molecular weight is 398 g/mol. The molecular formula is C21H22N2O6. The molecule has 0 aromatic heterocycles. The van der Waals surface area contributed by atoms with Crippen LogP contribution < -0.4 is 24.8 Å². The third-order valence-electron chi connectivity index (χ3n) is 3.66. The molecule has 2 N–H and O–H groups in total. The summed E-state index contributed by atoms with van der Waals surface area (Å²) in [6.45, 7) is 2.58. The first-order valence-electron chi connectivity index (χ1n) is 8.64. The number of carbonyl (C=O) groups excluding carboxylic acids is 3. The van der Waals surface area contributed by atoms with Gasteiger partial charge in [0.2, 0.25) is 5.91 Å². The molecule has 2 rings (SSSR count). The predicted octanol–water partition coefficient (Wildman–Crippen LogP) is 2.74. The highest BCUT2D eigenvalue weighted by Crippen LogP contribution is 2.29. The van der Waals surface area contributed by atoms with Crippen molar-refractivity contribution in [3.63, 3.8) is 0 Å². The number of rotatable bonds is 7. The van der Waals surface area contributed by atoms with Crippen molar-refractivity contribution >= 4 is 29.5 Å². The van der Waals surface area contributed by atoms with Gasteiger partial charge >= 0.3 is 5.97 Å². The molecular weight excluding hydrogens is 376 g/mol. The predicted molar refractivity (Wildman–Crippen MR) is 108 cm³/mol. The third-order valence-corrected chi connectivity index (χ3v) is 3.66. The lowest BCUT2D eigenvalue weighted by Gasteiger charge is -2.13. The molecule has 2 aromatic rings. The highest BCUT2D eigenvalue weighted by Gasteiger charge is 2.15. The molecule has 0 aliphatic carbocycles. The number of para-hydroxylation sites is 2. The number of nitrogens with one attached hydrogen (secondary N) is 2. The van der Waals surface area contributed by atoms with Crippen molar-refractivity contribution in [3.05, 3.63) is 53.7 Å². The van der Waals surface area contributed by atoms with Crippen LogP contribution in [0.15, 0.2) is 48.2 Å². The van der Waals surface area contributed by atoms with Gasteiger partial charge < -0.3 is 24.8 Å². The quantitative estimate of drug-likeness (QED) is 0.422. The zero-order valence-electron chi connectivity index (χ0n) is 16.6. The summed E-state index contributed by atoms with van der Waals surface area (Å²) in [7, 11) is 2.92. The number of hydrogen-bond donors (Lipinski definition) is 2. The van der Waals surface area contributed by atoms with Gasteiger partial charge in [-0.25, -0.2) is 0 Å². The molecule has 0 saturated carbocycles. The summed E-state index contributed by atoms with van der Waals surface area (Å²) in [5, 5.41) is 5.22. The fourth-order valence-corrected chi connectivity index (χ4v) is 2.47. The Bertz CT molecular complexity index is 952. The van der Waals surface area contributed by atoms with Gasteiger partial charge in [0, 0.05) is 13.8 Å². The largest absolute Gasteiger partial charge is 0.495 e. The number of ether oxygens (including phenoxy) is 3. The summed E-state index contributed by atoms with van der Waals surface area (Å²) >= 11 is 0. The summed E-state index contributed by atoms with van der Waals surface area (Å²) in [6.07, 6.45) is 1.48. The van der Waals surface area contributed by atoms with Crippen LogP contribution in [-0.4, -0.2) is 32.0 Å². The minimum Gasteiger partial charge on any atom is -0.495 e. The van der Waals surface area contributed by atoms with E-state index in [0.717, 1.165) is 0 Å². The molecule has 0 spiro atoms. The number of methoxy groups -OCH3 is 2. The molecule has 0 unspecified atom stereocenters. The second kappa shape index (κ2) is 9.93. The Labute approximate surface area is 168 Å². The van der Waals surface area contributed by atoms with Crippen molar-refractivity contribution in [1.82, 2.24) is 5.32 Å². The van der Waals surface area contributed by atoms with Crippen molar-refractivity contribution in [3.8, 4) is 17.2 Å². The van der Waals surface area contributed by atoms with E-state index in [-0.39, 0.29) is 11.4 Å². The van der Waals surface area contributed by atoms with Crippen LogP contribution in [0.2, 0.25) is 0 Å². The van der Waals surface area contributed by atoms with E-state index in [0.29, 0.717) is 22.7 Å². The highest BCUT2D eigenvalue weighted by atomic mass is 16.6. The van der Waals surface area contributed by atoms with Crippen LogP contribution in [0.1, 0.15) is 19.4 Å². The van der Waals surface area contributed by atoms with Crippen molar-refractivity contribution in [2.24, 2.45) is 0 Å². The normalized spacial score (nSPS) is 10.7. The van der Waals surface area contributed by atoms with Crippen LogP contribution in [0.25, 0.3) is 6.08 Å². The van der Waals surface area contributed by atoms with Gasteiger partial charge in [-0.05, 0) is 35.9 Å². The smallest absolute Gasteiger partial charge is 0.308 e. The van der Waals surface area contributed by atoms with E-state index in [2.05, 4.69) is 10.6 Å². The molecule has 0 saturated heterocycles. The van der Waals surface area contributed by atoms with Gasteiger partial charge in [-0.1, -0.05) is 18.2 Å². The number of anilines is 1. The van der Waals surface area contributed by atoms with Gasteiger partial charge in [0.05, 0.1) is 19.9 Å². The van der Waals surface area contributed by atoms with E-state index in [4.69, 9.17) is 14.2 Å². The summed E-state index contributed by atoms with van der Waals surface area (Å²) < 4.78 is 15.5. The second-order valence-electron chi connectivity index (χ2n) is 5.90. The van der Waals surface area contributed by atoms with Gasteiger partial charge in [-0.2, -0.15) is 0 Å². The number of benzene rings is 2. The van der Waals surface area contributed by atoms with Crippen LogP contribution in [0, 0.1) is 0 Å². The maximum Gasteiger partial charge on any atom is 0.308 e. The summed E-state index contributed by atoms with van der Waals surface area (Å²) in [5.74, 6) is -0.391. The van der Waals surface area contributed by atoms with Crippen molar-refractivity contribution in [1.29, 1.82) is 0 Å². The van der Waals surface area contributed by atoms with Crippen molar-refractivity contribution in [2.75, 3.05) is 19.5 Å². The fourth-order valence-electron chi connectivity index (χ4n) is 2.47.